The summed E-state index contributed by atoms with van der Waals surface area (Å²) in [6.07, 6.45) is 0. The largest absolute Gasteiger partial charge is 0.483 e. The maximum atomic E-state index is 14.1. The van der Waals surface area contributed by atoms with Crippen molar-refractivity contribution >= 4 is 11.6 Å². The third kappa shape index (κ3) is 3.79. The van der Waals surface area contributed by atoms with Crippen molar-refractivity contribution in [3.8, 4) is 11.4 Å². The van der Waals surface area contributed by atoms with Gasteiger partial charge in [-0.1, -0.05) is 18.2 Å². The zero-order valence-corrected chi connectivity index (χ0v) is 13.7. The van der Waals surface area contributed by atoms with Gasteiger partial charge in [0.05, 0.1) is 5.69 Å². The Labute approximate surface area is 143 Å². The highest BCUT2D eigenvalue weighted by atomic mass is 19.1. The van der Waals surface area contributed by atoms with E-state index < -0.39 is 5.82 Å². The second kappa shape index (κ2) is 7.08. The van der Waals surface area contributed by atoms with Gasteiger partial charge in [0.2, 0.25) is 5.91 Å². The lowest BCUT2D eigenvalue weighted by molar-refractivity contribution is -0.114. The van der Waals surface area contributed by atoms with Crippen LogP contribution in [-0.2, 0) is 11.4 Å². The normalized spacial score (nSPS) is 10.5. The number of tetrazole rings is 1. The van der Waals surface area contributed by atoms with Gasteiger partial charge in [-0.05, 0) is 47.2 Å². The molecule has 3 aromatic rings. The molecule has 0 fully saturated rings. The number of amides is 1. The number of carbonyl (C=O) groups is 1. The molecule has 1 heterocycles. The summed E-state index contributed by atoms with van der Waals surface area (Å²) in [6.45, 7) is 3.28. The number of hydrogen-bond donors (Lipinski definition) is 1. The van der Waals surface area contributed by atoms with E-state index in [4.69, 9.17) is 4.74 Å². The Morgan fingerprint density at radius 2 is 2.08 bits per heavy atom. The fourth-order valence-corrected chi connectivity index (χ4v) is 2.30. The van der Waals surface area contributed by atoms with Crippen molar-refractivity contribution in [1.29, 1.82) is 0 Å². The molecule has 128 valence electrons. The second-order valence-electron chi connectivity index (χ2n) is 5.43. The predicted molar refractivity (Wildman–Crippen MR) is 88.9 cm³/mol. The highest BCUT2D eigenvalue weighted by Gasteiger charge is 2.14. The number of rotatable bonds is 5. The first-order valence-electron chi connectivity index (χ1n) is 7.58. The zero-order chi connectivity index (χ0) is 17.8. The Balaban J connectivity index is 1.84. The monoisotopic (exact) mass is 341 g/mol. The number of aryl methyl sites for hydroxylation is 1. The van der Waals surface area contributed by atoms with Crippen LogP contribution in [0.3, 0.4) is 0 Å². The van der Waals surface area contributed by atoms with E-state index in [-0.39, 0.29) is 18.2 Å². The fraction of sp³-hybridized carbons (Fsp3) is 0.176. The van der Waals surface area contributed by atoms with Crippen LogP contribution in [0, 0.1) is 12.7 Å². The molecular formula is C17H16FN5O2. The molecule has 0 unspecified atom stereocenters. The van der Waals surface area contributed by atoms with E-state index in [0.29, 0.717) is 17.3 Å². The number of aromatic nitrogens is 4. The first-order valence-corrected chi connectivity index (χ1v) is 7.58. The number of carbonyl (C=O) groups excluding carboxylic acids is 1. The molecule has 3 rings (SSSR count). The SMILES string of the molecule is CC(=O)Nc1ccccc1OCc1nnnn1-c1cc(C)ccc1F. The van der Waals surface area contributed by atoms with Crippen LogP contribution in [0.25, 0.3) is 5.69 Å². The Morgan fingerprint density at radius 1 is 1.28 bits per heavy atom. The number of para-hydroxylation sites is 2. The number of benzene rings is 2. The van der Waals surface area contributed by atoms with Gasteiger partial charge in [-0.15, -0.1) is 5.10 Å². The maximum absolute atomic E-state index is 14.1. The molecule has 0 aliphatic carbocycles. The molecule has 2 aromatic carbocycles. The molecule has 0 radical (unpaired) electrons. The lowest BCUT2D eigenvalue weighted by atomic mass is 10.2. The third-order valence-electron chi connectivity index (χ3n) is 3.42. The van der Waals surface area contributed by atoms with Gasteiger partial charge in [-0.25, -0.2) is 4.39 Å². The molecule has 0 spiro atoms. The molecule has 0 aliphatic rings. The molecule has 0 saturated heterocycles. The number of anilines is 1. The predicted octanol–water partition coefficient (Wildman–Crippen LogP) is 2.65. The van der Waals surface area contributed by atoms with Crippen molar-refractivity contribution in [2.24, 2.45) is 0 Å². The summed E-state index contributed by atoms with van der Waals surface area (Å²) in [5, 5.41) is 14.0. The number of halogens is 1. The Kier molecular flexibility index (Phi) is 4.69. The van der Waals surface area contributed by atoms with Gasteiger partial charge in [0.25, 0.3) is 0 Å². The van der Waals surface area contributed by atoms with Crippen LogP contribution in [0.2, 0.25) is 0 Å². The Hall–Kier alpha value is -3.29. The van der Waals surface area contributed by atoms with Crippen LogP contribution in [0.5, 0.6) is 5.75 Å². The molecule has 0 bridgehead atoms. The third-order valence-corrected chi connectivity index (χ3v) is 3.42. The van der Waals surface area contributed by atoms with Crippen LogP contribution in [0.15, 0.2) is 42.5 Å². The fourth-order valence-electron chi connectivity index (χ4n) is 2.30. The molecule has 1 aromatic heterocycles. The number of ether oxygens (including phenoxy) is 1. The zero-order valence-electron chi connectivity index (χ0n) is 13.7. The molecule has 1 amide bonds. The lowest BCUT2D eigenvalue weighted by Crippen LogP contribution is -2.11. The van der Waals surface area contributed by atoms with E-state index in [2.05, 4.69) is 20.8 Å². The topological polar surface area (TPSA) is 81.9 Å². The minimum atomic E-state index is -0.433. The summed E-state index contributed by atoms with van der Waals surface area (Å²) < 4.78 is 21.1. The highest BCUT2D eigenvalue weighted by Crippen LogP contribution is 2.25. The van der Waals surface area contributed by atoms with Gasteiger partial charge >= 0.3 is 0 Å². The first-order chi connectivity index (χ1) is 12.0. The first kappa shape index (κ1) is 16.6. The quantitative estimate of drug-likeness (QED) is 0.771. The van der Waals surface area contributed by atoms with Crippen molar-refractivity contribution in [3.05, 3.63) is 59.7 Å². The molecule has 0 saturated carbocycles. The molecular weight excluding hydrogens is 325 g/mol. The summed E-state index contributed by atoms with van der Waals surface area (Å²) in [4.78, 5) is 11.3. The standard InChI is InChI=1S/C17H16FN5O2/c1-11-7-8-13(18)15(9-11)23-17(20-21-22-23)10-25-16-6-4-3-5-14(16)19-12(2)24/h3-9H,10H2,1-2H3,(H,19,24). The Morgan fingerprint density at radius 3 is 2.88 bits per heavy atom. The minimum absolute atomic E-state index is 0.0109. The van der Waals surface area contributed by atoms with Crippen molar-refractivity contribution < 1.29 is 13.9 Å². The van der Waals surface area contributed by atoms with Crippen molar-refractivity contribution in [1.82, 2.24) is 20.2 Å². The van der Waals surface area contributed by atoms with E-state index in [1.807, 2.05) is 6.92 Å². The van der Waals surface area contributed by atoms with E-state index in [0.717, 1.165) is 5.56 Å². The molecule has 0 aliphatic heterocycles. The summed E-state index contributed by atoms with van der Waals surface area (Å²) >= 11 is 0. The number of hydrogen-bond acceptors (Lipinski definition) is 5. The summed E-state index contributed by atoms with van der Waals surface area (Å²) in [5.74, 6) is 0.166. The van der Waals surface area contributed by atoms with Gasteiger partial charge < -0.3 is 10.1 Å². The average molecular weight is 341 g/mol. The number of nitrogens with one attached hydrogen (secondary N) is 1. The molecule has 1 N–H and O–H groups in total. The minimum Gasteiger partial charge on any atom is -0.483 e. The van der Waals surface area contributed by atoms with E-state index in [1.165, 1.54) is 17.7 Å². The maximum Gasteiger partial charge on any atom is 0.221 e. The molecule has 8 heteroatoms. The van der Waals surface area contributed by atoms with Gasteiger partial charge in [0.1, 0.15) is 23.9 Å². The molecule has 25 heavy (non-hydrogen) atoms. The van der Waals surface area contributed by atoms with Crippen molar-refractivity contribution in [2.75, 3.05) is 5.32 Å². The molecule has 0 atom stereocenters. The second-order valence-corrected chi connectivity index (χ2v) is 5.43. The van der Waals surface area contributed by atoms with E-state index in [1.54, 1.807) is 36.4 Å². The summed E-state index contributed by atoms with van der Waals surface area (Å²) in [5.41, 5.74) is 1.67. The Bertz CT molecular complexity index is 910. The number of nitrogens with zero attached hydrogens (tertiary/aromatic N) is 4. The summed E-state index contributed by atoms with van der Waals surface area (Å²) in [7, 11) is 0. The van der Waals surface area contributed by atoms with Gasteiger partial charge in [0.15, 0.2) is 5.82 Å². The highest BCUT2D eigenvalue weighted by molar-refractivity contribution is 5.90. The van der Waals surface area contributed by atoms with E-state index in [9.17, 15) is 9.18 Å². The van der Waals surface area contributed by atoms with Crippen LogP contribution in [-0.4, -0.2) is 26.1 Å². The van der Waals surface area contributed by atoms with Crippen LogP contribution in [0.4, 0.5) is 10.1 Å². The van der Waals surface area contributed by atoms with Gasteiger partial charge in [-0.2, -0.15) is 4.68 Å². The van der Waals surface area contributed by atoms with Crippen LogP contribution in [0.1, 0.15) is 18.3 Å². The van der Waals surface area contributed by atoms with Crippen LogP contribution < -0.4 is 10.1 Å². The van der Waals surface area contributed by atoms with E-state index >= 15 is 0 Å². The summed E-state index contributed by atoms with van der Waals surface area (Å²) in [6, 6.07) is 11.7. The lowest BCUT2D eigenvalue weighted by Gasteiger charge is -2.12. The average Bonchev–Trinajstić information content (AvgIpc) is 3.04. The van der Waals surface area contributed by atoms with Gasteiger partial charge in [0, 0.05) is 6.92 Å². The smallest absolute Gasteiger partial charge is 0.221 e. The van der Waals surface area contributed by atoms with Crippen LogP contribution >= 0.6 is 0 Å². The van der Waals surface area contributed by atoms with Crippen molar-refractivity contribution in [3.63, 3.8) is 0 Å². The van der Waals surface area contributed by atoms with Gasteiger partial charge in [-0.3, -0.25) is 4.79 Å². The molecule has 7 nitrogen and oxygen atoms in total. The van der Waals surface area contributed by atoms with Crippen molar-refractivity contribution in [2.45, 2.75) is 20.5 Å².